The lowest BCUT2D eigenvalue weighted by molar-refractivity contribution is 0.345. The van der Waals surface area contributed by atoms with Crippen molar-refractivity contribution < 1.29 is 9.47 Å². The maximum absolute atomic E-state index is 5.86. The van der Waals surface area contributed by atoms with E-state index < -0.39 is 0 Å². The van der Waals surface area contributed by atoms with Crippen LogP contribution in [0.25, 0.3) is 5.69 Å². The Hall–Kier alpha value is -3.07. The fourth-order valence-corrected chi connectivity index (χ4v) is 3.08. The molecule has 0 amide bonds. The summed E-state index contributed by atoms with van der Waals surface area (Å²) in [6, 6.07) is 13.6. The zero-order valence-corrected chi connectivity index (χ0v) is 17.0. The number of aromatic nitrogens is 4. The lowest BCUT2D eigenvalue weighted by Gasteiger charge is -2.23. The second-order valence-corrected chi connectivity index (χ2v) is 6.30. The number of anilines is 2. The van der Waals surface area contributed by atoms with E-state index in [0.717, 1.165) is 35.9 Å². The van der Waals surface area contributed by atoms with Crippen molar-refractivity contribution in [2.24, 2.45) is 0 Å². The molecule has 9 heteroatoms. The molecule has 2 N–H and O–H groups in total. The monoisotopic (exact) mass is 400 g/mol. The lowest BCUT2D eigenvalue weighted by Crippen LogP contribution is -2.22. The molecule has 0 bridgehead atoms. The quantitative estimate of drug-likeness (QED) is 0.419. The number of methoxy groups -OCH3 is 1. The van der Waals surface area contributed by atoms with E-state index in [0.29, 0.717) is 10.5 Å². The summed E-state index contributed by atoms with van der Waals surface area (Å²) in [5.74, 6) is 1.46. The van der Waals surface area contributed by atoms with Gasteiger partial charge in [-0.1, -0.05) is 16.4 Å². The molecule has 2 aromatic carbocycles. The second kappa shape index (κ2) is 9.23. The first-order valence-electron chi connectivity index (χ1n) is 9.06. The average Bonchev–Trinajstić information content (AvgIpc) is 3.15. The van der Waals surface area contributed by atoms with Crippen LogP contribution in [-0.4, -0.2) is 47.1 Å². The van der Waals surface area contributed by atoms with Crippen molar-refractivity contribution in [2.75, 3.05) is 37.1 Å². The SMILES string of the molecule is CCN(CC)c1ccc(OC)c(NCOc2cccc(-n3[nH]nnc3=S)c2)c1. The molecule has 0 saturated heterocycles. The molecule has 0 saturated carbocycles. The molecule has 0 atom stereocenters. The average molecular weight is 401 g/mol. The molecule has 0 aliphatic heterocycles. The highest BCUT2D eigenvalue weighted by Gasteiger charge is 2.08. The molecule has 148 valence electrons. The van der Waals surface area contributed by atoms with Crippen LogP contribution in [0.3, 0.4) is 0 Å². The third-order valence-corrected chi connectivity index (χ3v) is 4.62. The highest BCUT2D eigenvalue weighted by molar-refractivity contribution is 7.71. The molecular formula is C19H24N6O2S. The summed E-state index contributed by atoms with van der Waals surface area (Å²) in [5.41, 5.74) is 2.81. The van der Waals surface area contributed by atoms with Gasteiger partial charge < -0.3 is 19.7 Å². The molecule has 0 fully saturated rings. The molecule has 3 rings (SSSR count). The van der Waals surface area contributed by atoms with Crippen LogP contribution in [0.4, 0.5) is 11.4 Å². The number of H-pyrrole nitrogens is 1. The van der Waals surface area contributed by atoms with Gasteiger partial charge in [0.2, 0.25) is 4.77 Å². The number of aromatic amines is 1. The first kappa shape index (κ1) is 19.7. The number of ether oxygens (including phenoxy) is 2. The Labute approximate surface area is 169 Å². The van der Waals surface area contributed by atoms with Crippen LogP contribution >= 0.6 is 12.2 Å². The summed E-state index contributed by atoms with van der Waals surface area (Å²) in [5, 5.41) is 13.5. The van der Waals surface area contributed by atoms with Crippen molar-refractivity contribution in [2.45, 2.75) is 13.8 Å². The van der Waals surface area contributed by atoms with Crippen LogP contribution in [0.5, 0.6) is 11.5 Å². The van der Waals surface area contributed by atoms with Gasteiger partial charge in [-0.3, -0.25) is 0 Å². The van der Waals surface area contributed by atoms with Gasteiger partial charge in [0.1, 0.15) is 11.5 Å². The largest absolute Gasteiger partial charge is 0.495 e. The molecule has 8 nitrogen and oxygen atoms in total. The predicted molar refractivity (Wildman–Crippen MR) is 112 cm³/mol. The van der Waals surface area contributed by atoms with Crippen LogP contribution in [-0.2, 0) is 0 Å². The van der Waals surface area contributed by atoms with E-state index in [1.54, 1.807) is 11.8 Å². The molecule has 0 unspecified atom stereocenters. The first-order valence-corrected chi connectivity index (χ1v) is 9.47. The Morgan fingerprint density at radius 2 is 2.00 bits per heavy atom. The van der Waals surface area contributed by atoms with Gasteiger partial charge in [0.05, 0.1) is 18.5 Å². The Bertz CT molecular complexity index is 967. The van der Waals surface area contributed by atoms with Crippen molar-refractivity contribution in [1.82, 2.24) is 20.2 Å². The highest BCUT2D eigenvalue weighted by atomic mass is 32.1. The summed E-state index contributed by atoms with van der Waals surface area (Å²) < 4.78 is 13.3. The van der Waals surface area contributed by atoms with Crippen LogP contribution in [0.2, 0.25) is 0 Å². The summed E-state index contributed by atoms with van der Waals surface area (Å²) in [4.78, 5) is 2.27. The second-order valence-electron chi connectivity index (χ2n) is 5.94. The number of hydrogen-bond acceptors (Lipinski definition) is 7. The minimum absolute atomic E-state index is 0.286. The van der Waals surface area contributed by atoms with E-state index in [1.165, 1.54) is 0 Å². The van der Waals surface area contributed by atoms with Crippen molar-refractivity contribution in [1.29, 1.82) is 0 Å². The van der Waals surface area contributed by atoms with E-state index in [9.17, 15) is 0 Å². The predicted octanol–water partition coefficient (Wildman–Crippen LogP) is 3.63. The van der Waals surface area contributed by atoms with E-state index in [1.807, 2.05) is 30.3 Å². The maximum atomic E-state index is 5.86. The molecule has 0 aliphatic rings. The molecule has 0 spiro atoms. The Balaban J connectivity index is 1.70. The fraction of sp³-hybridized carbons (Fsp3) is 0.316. The van der Waals surface area contributed by atoms with Crippen LogP contribution < -0.4 is 19.7 Å². The Morgan fingerprint density at radius 3 is 2.68 bits per heavy atom. The van der Waals surface area contributed by atoms with E-state index in [2.05, 4.69) is 51.7 Å². The number of tetrazole rings is 1. The summed E-state index contributed by atoms with van der Waals surface area (Å²) >= 11 is 5.13. The number of benzene rings is 2. The molecule has 1 aromatic heterocycles. The van der Waals surface area contributed by atoms with Gasteiger partial charge >= 0.3 is 0 Å². The Kier molecular flexibility index (Phi) is 6.49. The van der Waals surface area contributed by atoms with E-state index in [-0.39, 0.29) is 6.73 Å². The molecule has 0 radical (unpaired) electrons. The van der Waals surface area contributed by atoms with Gasteiger partial charge in [-0.25, -0.2) is 4.68 Å². The maximum Gasteiger partial charge on any atom is 0.242 e. The van der Waals surface area contributed by atoms with Crippen molar-refractivity contribution >= 4 is 23.6 Å². The highest BCUT2D eigenvalue weighted by Crippen LogP contribution is 2.29. The summed E-state index contributed by atoms with van der Waals surface area (Å²) in [6.07, 6.45) is 0. The van der Waals surface area contributed by atoms with Crippen molar-refractivity contribution in [3.63, 3.8) is 0 Å². The number of nitrogens with zero attached hydrogens (tertiary/aromatic N) is 4. The number of rotatable bonds is 9. The smallest absolute Gasteiger partial charge is 0.242 e. The topological polar surface area (TPSA) is 80.2 Å². The zero-order valence-electron chi connectivity index (χ0n) is 16.2. The van der Waals surface area contributed by atoms with Gasteiger partial charge in [-0.05, 0) is 56.4 Å². The van der Waals surface area contributed by atoms with Gasteiger partial charge in [0.15, 0.2) is 6.73 Å². The minimum Gasteiger partial charge on any atom is -0.495 e. The fourth-order valence-electron chi connectivity index (χ4n) is 2.89. The minimum atomic E-state index is 0.286. The van der Waals surface area contributed by atoms with Gasteiger partial charge in [-0.15, -0.1) is 0 Å². The Morgan fingerprint density at radius 1 is 1.18 bits per heavy atom. The van der Waals surface area contributed by atoms with E-state index in [4.69, 9.17) is 21.7 Å². The van der Waals surface area contributed by atoms with Crippen LogP contribution in [0.1, 0.15) is 13.8 Å². The molecule has 1 heterocycles. The lowest BCUT2D eigenvalue weighted by atomic mass is 10.2. The molecule has 0 aliphatic carbocycles. The van der Waals surface area contributed by atoms with Crippen LogP contribution in [0.15, 0.2) is 42.5 Å². The number of nitrogens with one attached hydrogen (secondary N) is 2. The van der Waals surface area contributed by atoms with Crippen molar-refractivity contribution in [3.05, 3.63) is 47.2 Å². The standard InChI is InChI=1S/C19H24N6O2S/c1-4-24(5-2)14-9-10-18(26-3)17(12-14)20-13-27-16-8-6-7-15(11-16)25-19(28)21-22-23-25/h6-12,20H,4-5,13H2,1-3H3,(H,21,23,28). The first-order chi connectivity index (χ1) is 13.7. The molecule has 28 heavy (non-hydrogen) atoms. The van der Waals surface area contributed by atoms with Crippen molar-refractivity contribution in [3.8, 4) is 17.2 Å². The normalized spacial score (nSPS) is 10.5. The van der Waals surface area contributed by atoms with E-state index >= 15 is 0 Å². The molecular weight excluding hydrogens is 376 g/mol. The summed E-state index contributed by atoms with van der Waals surface area (Å²) in [7, 11) is 1.66. The zero-order chi connectivity index (χ0) is 19.9. The van der Waals surface area contributed by atoms with Gasteiger partial charge in [-0.2, -0.15) is 5.21 Å². The van der Waals surface area contributed by atoms with Gasteiger partial charge in [0, 0.05) is 24.8 Å². The summed E-state index contributed by atoms with van der Waals surface area (Å²) in [6.45, 7) is 6.44. The number of hydrogen-bond donors (Lipinski definition) is 2. The third-order valence-electron chi connectivity index (χ3n) is 4.36. The molecule has 3 aromatic rings. The third kappa shape index (κ3) is 4.42. The van der Waals surface area contributed by atoms with Gasteiger partial charge in [0.25, 0.3) is 0 Å². The van der Waals surface area contributed by atoms with Crippen LogP contribution in [0, 0.1) is 4.77 Å².